The van der Waals surface area contributed by atoms with Gasteiger partial charge in [-0.1, -0.05) is 0 Å². The number of benzene rings is 1. The molecule has 0 radical (unpaired) electrons. The van der Waals surface area contributed by atoms with Crippen molar-refractivity contribution in [2.75, 3.05) is 20.0 Å². The summed E-state index contributed by atoms with van der Waals surface area (Å²) in [5, 5.41) is 4.13. The van der Waals surface area contributed by atoms with Gasteiger partial charge in [-0.2, -0.15) is 5.10 Å². The number of methoxy groups -OCH3 is 2. The lowest BCUT2D eigenvalue weighted by Crippen LogP contribution is -2.06. The molecule has 17 heavy (non-hydrogen) atoms. The Hall–Kier alpha value is -2.17. The minimum absolute atomic E-state index is 0.575. The molecule has 5 heteroatoms. The number of nitrogens with zero attached hydrogens (tertiary/aromatic N) is 2. The minimum Gasteiger partial charge on any atom is -0.497 e. The Morgan fingerprint density at radius 2 is 2.06 bits per heavy atom. The van der Waals surface area contributed by atoms with Gasteiger partial charge >= 0.3 is 0 Å². The fraction of sp³-hybridized carbons (Fsp3) is 0.250. The summed E-state index contributed by atoms with van der Waals surface area (Å²) < 4.78 is 12.2. The SMILES string of the molecule is COc1ccc(Cn2nccc2N)c(OC)c1. The molecule has 0 amide bonds. The van der Waals surface area contributed by atoms with Gasteiger partial charge < -0.3 is 15.2 Å². The number of ether oxygens (including phenoxy) is 2. The maximum absolute atomic E-state index is 5.77. The highest BCUT2D eigenvalue weighted by Gasteiger charge is 2.07. The lowest BCUT2D eigenvalue weighted by atomic mass is 10.2. The van der Waals surface area contributed by atoms with Crippen LogP contribution in [-0.2, 0) is 6.54 Å². The van der Waals surface area contributed by atoms with Crippen LogP contribution in [0.2, 0.25) is 0 Å². The molecule has 2 rings (SSSR count). The average Bonchev–Trinajstić information content (AvgIpc) is 2.75. The van der Waals surface area contributed by atoms with Gasteiger partial charge in [-0.25, -0.2) is 4.68 Å². The average molecular weight is 233 g/mol. The Kier molecular flexibility index (Phi) is 3.18. The first-order valence-electron chi connectivity index (χ1n) is 5.23. The van der Waals surface area contributed by atoms with Crippen molar-refractivity contribution in [3.8, 4) is 11.5 Å². The van der Waals surface area contributed by atoms with E-state index in [1.54, 1.807) is 31.2 Å². The maximum Gasteiger partial charge on any atom is 0.127 e. The van der Waals surface area contributed by atoms with Gasteiger partial charge in [-0.3, -0.25) is 0 Å². The summed E-state index contributed by atoms with van der Waals surface area (Å²) in [5.74, 6) is 2.15. The Morgan fingerprint density at radius 1 is 1.24 bits per heavy atom. The van der Waals surface area contributed by atoms with Crippen molar-refractivity contribution in [3.05, 3.63) is 36.0 Å². The quantitative estimate of drug-likeness (QED) is 0.870. The third-order valence-electron chi connectivity index (χ3n) is 2.56. The summed E-state index contributed by atoms with van der Waals surface area (Å²) in [5.41, 5.74) is 6.77. The Labute approximate surface area is 99.8 Å². The maximum atomic E-state index is 5.77. The molecule has 90 valence electrons. The van der Waals surface area contributed by atoms with Crippen LogP contribution in [0.1, 0.15) is 5.56 Å². The molecule has 0 fully saturated rings. The second kappa shape index (κ2) is 4.78. The Morgan fingerprint density at radius 3 is 2.65 bits per heavy atom. The van der Waals surface area contributed by atoms with E-state index >= 15 is 0 Å². The molecule has 0 spiro atoms. The van der Waals surface area contributed by atoms with Crippen molar-refractivity contribution < 1.29 is 9.47 Å². The van der Waals surface area contributed by atoms with Gasteiger partial charge in [0, 0.05) is 11.6 Å². The van der Waals surface area contributed by atoms with E-state index in [1.165, 1.54) is 0 Å². The van der Waals surface area contributed by atoms with Crippen molar-refractivity contribution in [1.29, 1.82) is 0 Å². The van der Waals surface area contributed by atoms with E-state index in [9.17, 15) is 0 Å². The van der Waals surface area contributed by atoms with Crippen molar-refractivity contribution in [2.45, 2.75) is 6.54 Å². The first-order chi connectivity index (χ1) is 8.24. The summed E-state index contributed by atoms with van der Waals surface area (Å²) in [6.45, 7) is 0.575. The van der Waals surface area contributed by atoms with E-state index in [0.717, 1.165) is 17.1 Å². The van der Waals surface area contributed by atoms with Gasteiger partial charge in [0.15, 0.2) is 0 Å². The normalized spacial score (nSPS) is 10.2. The van der Waals surface area contributed by atoms with E-state index in [1.807, 2.05) is 18.2 Å². The third kappa shape index (κ3) is 2.33. The lowest BCUT2D eigenvalue weighted by Gasteiger charge is -2.11. The zero-order valence-corrected chi connectivity index (χ0v) is 9.88. The number of aromatic nitrogens is 2. The van der Waals surface area contributed by atoms with Crippen LogP contribution in [0.15, 0.2) is 30.5 Å². The molecule has 2 aromatic rings. The number of hydrogen-bond acceptors (Lipinski definition) is 4. The van der Waals surface area contributed by atoms with Gasteiger partial charge in [0.1, 0.15) is 17.3 Å². The molecular weight excluding hydrogens is 218 g/mol. The van der Waals surface area contributed by atoms with Gasteiger partial charge in [0.05, 0.1) is 27.0 Å². The Balaban J connectivity index is 2.29. The van der Waals surface area contributed by atoms with Crippen molar-refractivity contribution >= 4 is 5.82 Å². The van der Waals surface area contributed by atoms with E-state index < -0.39 is 0 Å². The molecule has 0 aliphatic heterocycles. The second-order valence-electron chi connectivity index (χ2n) is 3.59. The van der Waals surface area contributed by atoms with Crippen LogP contribution in [0, 0.1) is 0 Å². The van der Waals surface area contributed by atoms with Crippen LogP contribution in [-0.4, -0.2) is 24.0 Å². The summed E-state index contributed by atoms with van der Waals surface area (Å²) in [6, 6.07) is 7.43. The predicted molar refractivity (Wildman–Crippen MR) is 65.3 cm³/mol. The van der Waals surface area contributed by atoms with Crippen LogP contribution < -0.4 is 15.2 Å². The third-order valence-corrected chi connectivity index (χ3v) is 2.56. The summed E-state index contributed by atoms with van der Waals surface area (Å²) in [4.78, 5) is 0. The molecule has 1 aromatic heterocycles. The molecule has 0 bridgehead atoms. The first kappa shape index (κ1) is 11.3. The molecule has 5 nitrogen and oxygen atoms in total. The monoisotopic (exact) mass is 233 g/mol. The zero-order valence-electron chi connectivity index (χ0n) is 9.88. The summed E-state index contributed by atoms with van der Waals surface area (Å²) in [7, 11) is 3.25. The van der Waals surface area contributed by atoms with Crippen molar-refractivity contribution in [2.24, 2.45) is 0 Å². The molecule has 0 unspecified atom stereocenters. The number of hydrogen-bond donors (Lipinski definition) is 1. The predicted octanol–water partition coefficient (Wildman–Crippen LogP) is 1.53. The van der Waals surface area contributed by atoms with Crippen molar-refractivity contribution in [1.82, 2.24) is 9.78 Å². The number of rotatable bonds is 4. The standard InChI is InChI=1S/C12H15N3O2/c1-16-10-4-3-9(11(7-10)17-2)8-15-12(13)5-6-14-15/h3-7H,8,13H2,1-2H3. The van der Waals surface area contributed by atoms with E-state index in [4.69, 9.17) is 15.2 Å². The van der Waals surface area contributed by atoms with Gasteiger partial charge in [-0.05, 0) is 18.2 Å². The lowest BCUT2D eigenvalue weighted by molar-refractivity contribution is 0.389. The topological polar surface area (TPSA) is 62.3 Å². The second-order valence-corrected chi connectivity index (χ2v) is 3.59. The van der Waals surface area contributed by atoms with Gasteiger partial charge in [-0.15, -0.1) is 0 Å². The van der Waals surface area contributed by atoms with Crippen LogP contribution in [0.4, 0.5) is 5.82 Å². The van der Waals surface area contributed by atoms with Crippen molar-refractivity contribution in [3.63, 3.8) is 0 Å². The number of nitrogen functional groups attached to an aromatic ring is 1. The highest BCUT2D eigenvalue weighted by Crippen LogP contribution is 2.25. The highest BCUT2D eigenvalue weighted by atomic mass is 16.5. The van der Waals surface area contributed by atoms with Crippen LogP contribution in [0.25, 0.3) is 0 Å². The smallest absolute Gasteiger partial charge is 0.127 e. The van der Waals surface area contributed by atoms with E-state index in [-0.39, 0.29) is 0 Å². The number of anilines is 1. The molecule has 0 saturated carbocycles. The zero-order chi connectivity index (χ0) is 12.3. The molecule has 0 atom stereocenters. The van der Waals surface area contributed by atoms with Crippen LogP contribution >= 0.6 is 0 Å². The molecule has 0 aliphatic rings. The summed E-state index contributed by atoms with van der Waals surface area (Å²) in [6.07, 6.45) is 1.67. The molecule has 0 saturated heterocycles. The van der Waals surface area contributed by atoms with E-state index in [0.29, 0.717) is 12.4 Å². The van der Waals surface area contributed by atoms with Gasteiger partial charge in [0.25, 0.3) is 0 Å². The largest absolute Gasteiger partial charge is 0.497 e. The number of nitrogens with two attached hydrogens (primary N) is 1. The highest BCUT2D eigenvalue weighted by molar-refractivity contribution is 5.41. The minimum atomic E-state index is 0.575. The molecule has 1 aromatic carbocycles. The summed E-state index contributed by atoms with van der Waals surface area (Å²) >= 11 is 0. The molecule has 2 N–H and O–H groups in total. The Bertz CT molecular complexity index is 508. The van der Waals surface area contributed by atoms with Gasteiger partial charge in [0.2, 0.25) is 0 Å². The van der Waals surface area contributed by atoms with Crippen LogP contribution in [0.3, 0.4) is 0 Å². The molecule has 0 aliphatic carbocycles. The van der Waals surface area contributed by atoms with E-state index in [2.05, 4.69) is 5.10 Å². The fourth-order valence-corrected chi connectivity index (χ4v) is 1.62. The van der Waals surface area contributed by atoms with Crippen LogP contribution in [0.5, 0.6) is 11.5 Å². The fourth-order valence-electron chi connectivity index (χ4n) is 1.62. The first-order valence-corrected chi connectivity index (χ1v) is 5.23. The molecular formula is C12H15N3O2. The molecule has 1 heterocycles.